The first kappa shape index (κ1) is 11.0. The standard InChI is InChI=1S/C12H16O2S/c15-12-3-1-2-10(8-12)9-14-11-4-6-13-7-5-11/h1-3,8,11,15H,4-7,9H2. The molecule has 0 amide bonds. The van der Waals surface area contributed by atoms with E-state index in [0.29, 0.717) is 12.7 Å². The van der Waals surface area contributed by atoms with Gasteiger partial charge in [0.15, 0.2) is 0 Å². The van der Waals surface area contributed by atoms with Crippen molar-refractivity contribution in [3.05, 3.63) is 29.8 Å². The molecule has 1 fully saturated rings. The molecule has 0 aromatic heterocycles. The third-order valence-electron chi connectivity index (χ3n) is 2.56. The third-order valence-corrected chi connectivity index (χ3v) is 2.84. The molecule has 0 radical (unpaired) electrons. The van der Waals surface area contributed by atoms with E-state index in [2.05, 4.69) is 18.7 Å². The average molecular weight is 224 g/mol. The summed E-state index contributed by atoms with van der Waals surface area (Å²) >= 11 is 4.30. The van der Waals surface area contributed by atoms with Crippen molar-refractivity contribution >= 4 is 12.6 Å². The molecular weight excluding hydrogens is 208 g/mol. The number of rotatable bonds is 3. The topological polar surface area (TPSA) is 18.5 Å². The number of hydrogen-bond acceptors (Lipinski definition) is 3. The quantitative estimate of drug-likeness (QED) is 0.796. The number of hydrogen-bond donors (Lipinski definition) is 1. The maximum Gasteiger partial charge on any atom is 0.0721 e. The number of benzene rings is 1. The molecule has 0 aliphatic carbocycles. The molecule has 1 aliphatic rings. The fourth-order valence-electron chi connectivity index (χ4n) is 1.70. The minimum Gasteiger partial charge on any atom is -0.381 e. The van der Waals surface area contributed by atoms with Gasteiger partial charge >= 0.3 is 0 Å². The van der Waals surface area contributed by atoms with Gasteiger partial charge in [0, 0.05) is 18.1 Å². The monoisotopic (exact) mass is 224 g/mol. The Hall–Kier alpha value is -0.510. The molecular formula is C12H16O2S. The van der Waals surface area contributed by atoms with E-state index in [1.165, 1.54) is 5.56 Å². The molecule has 1 heterocycles. The zero-order valence-electron chi connectivity index (χ0n) is 8.69. The zero-order chi connectivity index (χ0) is 10.5. The van der Waals surface area contributed by atoms with Crippen molar-refractivity contribution in [1.29, 1.82) is 0 Å². The molecule has 0 N–H and O–H groups in total. The van der Waals surface area contributed by atoms with Gasteiger partial charge in [0.05, 0.1) is 12.7 Å². The number of ether oxygens (including phenoxy) is 2. The van der Waals surface area contributed by atoms with Crippen LogP contribution in [0.25, 0.3) is 0 Å². The van der Waals surface area contributed by atoms with Crippen molar-refractivity contribution < 1.29 is 9.47 Å². The molecule has 15 heavy (non-hydrogen) atoms. The van der Waals surface area contributed by atoms with Gasteiger partial charge in [-0.25, -0.2) is 0 Å². The fourth-order valence-corrected chi connectivity index (χ4v) is 1.95. The summed E-state index contributed by atoms with van der Waals surface area (Å²) in [5.74, 6) is 0. The zero-order valence-corrected chi connectivity index (χ0v) is 9.58. The second kappa shape index (κ2) is 5.54. The summed E-state index contributed by atoms with van der Waals surface area (Å²) in [4.78, 5) is 0.989. The van der Waals surface area contributed by atoms with Crippen LogP contribution in [0.5, 0.6) is 0 Å². The summed E-state index contributed by atoms with van der Waals surface area (Å²) in [6, 6.07) is 8.09. The van der Waals surface area contributed by atoms with Crippen molar-refractivity contribution in [2.75, 3.05) is 13.2 Å². The van der Waals surface area contributed by atoms with Gasteiger partial charge in [0.1, 0.15) is 0 Å². The van der Waals surface area contributed by atoms with Crippen LogP contribution < -0.4 is 0 Å². The predicted molar refractivity (Wildman–Crippen MR) is 62.3 cm³/mol. The van der Waals surface area contributed by atoms with E-state index in [9.17, 15) is 0 Å². The van der Waals surface area contributed by atoms with E-state index >= 15 is 0 Å². The van der Waals surface area contributed by atoms with Crippen molar-refractivity contribution in [3.63, 3.8) is 0 Å². The maximum atomic E-state index is 5.81. The molecule has 0 spiro atoms. The predicted octanol–water partition coefficient (Wildman–Crippen LogP) is 2.67. The molecule has 0 bridgehead atoms. The molecule has 0 unspecified atom stereocenters. The van der Waals surface area contributed by atoms with Crippen molar-refractivity contribution in [2.45, 2.75) is 30.4 Å². The molecule has 2 rings (SSSR count). The molecule has 82 valence electrons. The molecule has 1 aromatic rings. The second-order valence-corrected chi connectivity index (χ2v) is 4.31. The summed E-state index contributed by atoms with van der Waals surface area (Å²) in [7, 11) is 0. The highest BCUT2D eigenvalue weighted by Gasteiger charge is 2.13. The van der Waals surface area contributed by atoms with Crippen molar-refractivity contribution in [2.24, 2.45) is 0 Å². The van der Waals surface area contributed by atoms with Crippen LogP contribution in [0.4, 0.5) is 0 Å². The highest BCUT2D eigenvalue weighted by Crippen LogP contribution is 2.15. The number of thiol groups is 1. The Balaban J connectivity index is 1.81. The Kier molecular flexibility index (Phi) is 4.06. The summed E-state index contributed by atoms with van der Waals surface area (Å²) in [6.45, 7) is 2.34. The first-order valence-electron chi connectivity index (χ1n) is 5.32. The van der Waals surface area contributed by atoms with Gasteiger partial charge in [-0.3, -0.25) is 0 Å². The fraction of sp³-hybridized carbons (Fsp3) is 0.500. The van der Waals surface area contributed by atoms with Crippen LogP contribution in [-0.2, 0) is 16.1 Å². The van der Waals surface area contributed by atoms with Gasteiger partial charge in [0.25, 0.3) is 0 Å². The van der Waals surface area contributed by atoms with Crippen LogP contribution in [0.1, 0.15) is 18.4 Å². The van der Waals surface area contributed by atoms with E-state index in [0.717, 1.165) is 31.0 Å². The van der Waals surface area contributed by atoms with Gasteiger partial charge in [-0.15, -0.1) is 12.6 Å². The Morgan fingerprint density at radius 1 is 1.33 bits per heavy atom. The lowest BCUT2D eigenvalue weighted by Crippen LogP contribution is -2.23. The van der Waals surface area contributed by atoms with Crippen LogP contribution in [0.2, 0.25) is 0 Å². The Bertz CT molecular complexity index is 308. The van der Waals surface area contributed by atoms with E-state index in [1.807, 2.05) is 18.2 Å². The summed E-state index contributed by atoms with van der Waals surface area (Å²) in [5, 5.41) is 0. The van der Waals surface area contributed by atoms with Gasteiger partial charge in [-0.2, -0.15) is 0 Å². The van der Waals surface area contributed by atoms with E-state index < -0.39 is 0 Å². The Morgan fingerprint density at radius 2 is 2.13 bits per heavy atom. The molecule has 1 aromatic carbocycles. The van der Waals surface area contributed by atoms with Crippen molar-refractivity contribution in [3.8, 4) is 0 Å². The molecule has 0 atom stereocenters. The second-order valence-electron chi connectivity index (χ2n) is 3.79. The first-order chi connectivity index (χ1) is 7.34. The lowest BCUT2D eigenvalue weighted by molar-refractivity contribution is -0.0391. The molecule has 3 heteroatoms. The smallest absolute Gasteiger partial charge is 0.0721 e. The van der Waals surface area contributed by atoms with Gasteiger partial charge in [-0.1, -0.05) is 12.1 Å². The molecule has 1 aliphatic heterocycles. The minimum absolute atomic E-state index is 0.363. The van der Waals surface area contributed by atoms with Crippen LogP contribution >= 0.6 is 12.6 Å². The first-order valence-corrected chi connectivity index (χ1v) is 5.76. The molecule has 2 nitrogen and oxygen atoms in total. The maximum absolute atomic E-state index is 5.81. The SMILES string of the molecule is Sc1cccc(COC2CCOCC2)c1. The van der Waals surface area contributed by atoms with Crippen LogP contribution in [-0.4, -0.2) is 19.3 Å². The third kappa shape index (κ3) is 3.52. The van der Waals surface area contributed by atoms with Gasteiger partial charge in [0.2, 0.25) is 0 Å². The molecule has 1 saturated heterocycles. The van der Waals surface area contributed by atoms with Crippen LogP contribution in [0.15, 0.2) is 29.2 Å². The highest BCUT2D eigenvalue weighted by atomic mass is 32.1. The Morgan fingerprint density at radius 3 is 2.87 bits per heavy atom. The molecule has 0 saturated carbocycles. The van der Waals surface area contributed by atoms with E-state index in [1.54, 1.807) is 0 Å². The van der Waals surface area contributed by atoms with Crippen LogP contribution in [0.3, 0.4) is 0 Å². The summed E-state index contributed by atoms with van der Waals surface area (Å²) < 4.78 is 11.1. The highest BCUT2D eigenvalue weighted by molar-refractivity contribution is 7.80. The lowest BCUT2D eigenvalue weighted by Gasteiger charge is -2.22. The summed E-state index contributed by atoms with van der Waals surface area (Å²) in [6.07, 6.45) is 2.39. The average Bonchev–Trinajstić information content (AvgIpc) is 2.28. The largest absolute Gasteiger partial charge is 0.381 e. The Labute approximate surface area is 96.0 Å². The normalized spacial score (nSPS) is 17.9. The van der Waals surface area contributed by atoms with E-state index in [4.69, 9.17) is 9.47 Å². The van der Waals surface area contributed by atoms with Crippen molar-refractivity contribution in [1.82, 2.24) is 0 Å². The van der Waals surface area contributed by atoms with Crippen LogP contribution in [0, 0.1) is 0 Å². The van der Waals surface area contributed by atoms with Gasteiger partial charge < -0.3 is 9.47 Å². The lowest BCUT2D eigenvalue weighted by atomic mass is 10.1. The van der Waals surface area contributed by atoms with Gasteiger partial charge in [-0.05, 0) is 30.5 Å². The minimum atomic E-state index is 0.363. The summed E-state index contributed by atoms with van der Waals surface area (Å²) in [5.41, 5.74) is 1.19. The van der Waals surface area contributed by atoms with E-state index in [-0.39, 0.29) is 0 Å².